The third kappa shape index (κ3) is 4.85. The van der Waals surface area contributed by atoms with E-state index in [1.165, 1.54) is 12.0 Å². The number of nitrogens with one attached hydrogen (secondary N) is 1. The lowest BCUT2D eigenvalue weighted by atomic mass is 9.84. The van der Waals surface area contributed by atoms with Gasteiger partial charge in [-0.15, -0.1) is 0 Å². The van der Waals surface area contributed by atoms with Gasteiger partial charge < -0.3 is 15.3 Å². The summed E-state index contributed by atoms with van der Waals surface area (Å²) in [4.78, 5) is 14.9. The Hall–Kier alpha value is -1.81. The zero-order valence-corrected chi connectivity index (χ0v) is 15.0. The van der Waals surface area contributed by atoms with Crippen LogP contribution in [0.2, 0.25) is 0 Å². The van der Waals surface area contributed by atoms with Gasteiger partial charge in [0.1, 0.15) is 0 Å². The predicted molar refractivity (Wildman–Crippen MR) is 100 cm³/mol. The van der Waals surface area contributed by atoms with Gasteiger partial charge in [0.25, 0.3) is 0 Å². The standard InChI is InChI=1S/C21H30N2O2/c1-16(24)17-10-13-23(14-11-17)15-12-20(18-6-3-2-4-7-18)22-21(25)19-8-5-9-19/h2-4,6-7,17,19-20,24H,1,5,8-15H2,(H,22,25). The van der Waals surface area contributed by atoms with Gasteiger partial charge in [-0.2, -0.15) is 0 Å². The van der Waals surface area contributed by atoms with Crippen molar-refractivity contribution in [2.75, 3.05) is 19.6 Å². The quantitative estimate of drug-likeness (QED) is 0.741. The Balaban J connectivity index is 1.54. The fourth-order valence-corrected chi connectivity index (χ4v) is 3.77. The summed E-state index contributed by atoms with van der Waals surface area (Å²) in [6, 6.07) is 10.4. The van der Waals surface area contributed by atoms with E-state index in [0.29, 0.717) is 5.76 Å². The Morgan fingerprint density at radius 3 is 2.40 bits per heavy atom. The number of hydrogen-bond donors (Lipinski definition) is 2. The number of hydrogen-bond acceptors (Lipinski definition) is 3. The molecule has 4 nitrogen and oxygen atoms in total. The number of nitrogens with zero attached hydrogens (tertiary/aromatic N) is 1. The number of carbonyl (C=O) groups excluding carboxylic acids is 1. The number of aliphatic hydroxyl groups excluding tert-OH is 1. The Kier molecular flexibility index (Phi) is 6.14. The SMILES string of the molecule is C=C(O)C1CCN(CCC(NC(=O)C2CCC2)c2ccccc2)CC1. The van der Waals surface area contributed by atoms with Crippen LogP contribution in [-0.4, -0.2) is 35.5 Å². The highest BCUT2D eigenvalue weighted by Crippen LogP contribution is 2.28. The van der Waals surface area contributed by atoms with Gasteiger partial charge in [-0.25, -0.2) is 0 Å². The monoisotopic (exact) mass is 342 g/mol. The number of allylic oxidation sites excluding steroid dienone is 1. The maximum absolute atomic E-state index is 12.4. The maximum atomic E-state index is 12.4. The highest BCUT2D eigenvalue weighted by atomic mass is 16.3. The van der Waals surface area contributed by atoms with Crippen LogP contribution in [0.4, 0.5) is 0 Å². The summed E-state index contributed by atoms with van der Waals surface area (Å²) in [5.41, 5.74) is 1.19. The first-order chi connectivity index (χ1) is 12.1. The summed E-state index contributed by atoms with van der Waals surface area (Å²) in [5.74, 6) is 1.02. The van der Waals surface area contributed by atoms with Crippen molar-refractivity contribution in [1.82, 2.24) is 10.2 Å². The Labute approximate surface area is 150 Å². The van der Waals surface area contributed by atoms with Crippen LogP contribution in [-0.2, 0) is 4.79 Å². The third-order valence-electron chi connectivity index (χ3n) is 5.79. The number of benzene rings is 1. The van der Waals surface area contributed by atoms with Crippen LogP contribution in [0.5, 0.6) is 0 Å². The van der Waals surface area contributed by atoms with Gasteiger partial charge in [-0.1, -0.05) is 43.3 Å². The largest absolute Gasteiger partial charge is 0.513 e. The highest BCUT2D eigenvalue weighted by molar-refractivity contribution is 5.79. The van der Waals surface area contributed by atoms with Crippen molar-refractivity contribution in [3.05, 3.63) is 48.2 Å². The van der Waals surface area contributed by atoms with Crippen LogP contribution in [0.15, 0.2) is 42.7 Å². The van der Waals surface area contributed by atoms with E-state index in [4.69, 9.17) is 0 Å². The summed E-state index contributed by atoms with van der Waals surface area (Å²) in [5, 5.41) is 12.8. The van der Waals surface area contributed by atoms with E-state index in [0.717, 1.165) is 51.7 Å². The molecule has 1 unspecified atom stereocenters. The molecule has 1 aromatic rings. The Morgan fingerprint density at radius 1 is 1.16 bits per heavy atom. The molecule has 0 spiro atoms. The second-order valence-electron chi connectivity index (χ2n) is 7.50. The lowest BCUT2D eigenvalue weighted by Crippen LogP contribution is -2.40. The summed E-state index contributed by atoms with van der Waals surface area (Å²) in [6.07, 6.45) is 6.11. The topological polar surface area (TPSA) is 52.6 Å². The van der Waals surface area contributed by atoms with Crippen molar-refractivity contribution < 1.29 is 9.90 Å². The molecule has 0 radical (unpaired) electrons. The summed E-state index contributed by atoms with van der Waals surface area (Å²) in [6.45, 7) is 6.61. The minimum Gasteiger partial charge on any atom is -0.513 e. The molecule has 2 fully saturated rings. The van der Waals surface area contributed by atoms with Crippen molar-refractivity contribution in [1.29, 1.82) is 0 Å². The molecule has 25 heavy (non-hydrogen) atoms. The summed E-state index contributed by atoms with van der Waals surface area (Å²) >= 11 is 0. The van der Waals surface area contributed by atoms with Crippen molar-refractivity contribution in [3.63, 3.8) is 0 Å². The molecule has 1 heterocycles. The van der Waals surface area contributed by atoms with Crippen LogP contribution in [0.1, 0.15) is 50.1 Å². The van der Waals surface area contributed by atoms with E-state index in [1.54, 1.807) is 0 Å². The smallest absolute Gasteiger partial charge is 0.223 e. The first-order valence-electron chi connectivity index (χ1n) is 9.59. The minimum atomic E-state index is 0.0832. The number of piperidine rings is 1. The molecular formula is C21H30N2O2. The molecule has 2 aliphatic rings. The average Bonchev–Trinajstić information content (AvgIpc) is 2.58. The molecule has 4 heteroatoms. The van der Waals surface area contributed by atoms with E-state index < -0.39 is 0 Å². The van der Waals surface area contributed by atoms with E-state index in [9.17, 15) is 9.90 Å². The van der Waals surface area contributed by atoms with Crippen LogP contribution in [0, 0.1) is 11.8 Å². The predicted octanol–water partition coefficient (Wildman–Crippen LogP) is 3.82. The first kappa shape index (κ1) is 18.0. The molecule has 1 saturated carbocycles. The molecule has 0 bridgehead atoms. The molecule has 1 aliphatic carbocycles. The van der Waals surface area contributed by atoms with Crippen LogP contribution >= 0.6 is 0 Å². The zero-order valence-electron chi connectivity index (χ0n) is 15.0. The summed E-state index contributed by atoms with van der Waals surface area (Å²) in [7, 11) is 0. The minimum absolute atomic E-state index is 0.0832. The molecular weight excluding hydrogens is 312 g/mol. The fraction of sp³-hybridized carbons (Fsp3) is 0.571. The normalized spacial score (nSPS) is 20.6. The number of likely N-dealkylation sites (tertiary alicyclic amines) is 1. The Morgan fingerprint density at radius 2 is 1.84 bits per heavy atom. The number of rotatable bonds is 7. The van der Waals surface area contributed by atoms with Crippen molar-refractivity contribution in [2.45, 2.75) is 44.6 Å². The van der Waals surface area contributed by atoms with Crippen molar-refractivity contribution >= 4 is 5.91 Å². The average molecular weight is 342 g/mol. The molecule has 136 valence electrons. The third-order valence-corrected chi connectivity index (χ3v) is 5.79. The molecule has 3 rings (SSSR count). The van der Waals surface area contributed by atoms with Gasteiger partial charge >= 0.3 is 0 Å². The van der Waals surface area contributed by atoms with Crippen molar-refractivity contribution in [2.24, 2.45) is 11.8 Å². The molecule has 1 aromatic carbocycles. The van der Waals surface area contributed by atoms with Crippen molar-refractivity contribution in [3.8, 4) is 0 Å². The number of amides is 1. The molecule has 1 amide bonds. The number of carbonyl (C=O) groups is 1. The molecule has 1 saturated heterocycles. The van der Waals surface area contributed by atoms with Crippen LogP contribution in [0.25, 0.3) is 0 Å². The van der Waals surface area contributed by atoms with Gasteiger partial charge in [-0.05, 0) is 50.8 Å². The van der Waals surface area contributed by atoms with E-state index >= 15 is 0 Å². The fourth-order valence-electron chi connectivity index (χ4n) is 3.77. The molecule has 1 atom stereocenters. The van der Waals surface area contributed by atoms with Gasteiger partial charge in [0.15, 0.2) is 0 Å². The first-order valence-corrected chi connectivity index (χ1v) is 9.59. The van der Waals surface area contributed by atoms with Crippen LogP contribution < -0.4 is 5.32 Å². The van der Waals surface area contributed by atoms with Crippen LogP contribution in [0.3, 0.4) is 0 Å². The van der Waals surface area contributed by atoms with Gasteiger partial charge in [0.05, 0.1) is 11.8 Å². The highest BCUT2D eigenvalue weighted by Gasteiger charge is 2.28. The van der Waals surface area contributed by atoms with E-state index in [1.807, 2.05) is 18.2 Å². The number of aliphatic hydroxyl groups is 1. The molecule has 2 N–H and O–H groups in total. The molecule has 1 aliphatic heterocycles. The van der Waals surface area contributed by atoms with Gasteiger partial charge in [-0.3, -0.25) is 4.79 Å². The molecule has 0 aromatic heterocycles. The Bertz CT molecular complexity index is 575. The second kappa shape index (κ2) is 8.52. The van der Waals surface area contributed by atoms with Gasteiger partial charge in [0.2, 0.25) is 5.91 Å². The van der Waals surface area contributed by atoms with Gasteiger partial charge in [0, 0.05) is 18.4 Å². The van der Waals surface area contributed by atoms with E-state index in [2.05, 4.69) is 28.9 Å². The lowest BCUT2D eigenvalue weighted by Gasteiger charge is -2.33. The zero-order chi connectivity index (χ0) is 17.6. The second-order valence-corrected chi connectivity index (χ2v) is 7.50. The van der Waals surface area contributed by atoms with E-state index in [-0.39, 0.29) is 23.8 Å². The maximum Gasteiger partial charge on any atom is 0.223 e. The lowest BCUT2D eigenvalue weighted by molar-refractivity contribution is -0.128. The summed E-state index contributed by atoms with van der Waals surface area (Å²) < 4.78 is 0.